The van der Waals surface area contributed by atoms with Crippen molar-refractivity contribution in [3.05, 3.63) is 35.4 Å². The van der Waals surface area contributed by atoms with Gasteiger partial charge in [0.25, 0.3) is 0 Å². The molecule has 4 heteroatoms. The van der Waals surface area contributed by atoms with Gasteiger partial charge in [0.15, 0.2) is 6.29 Å². The van der Waals surface area contributed by atoms with Crippen LogP contribution in [-0.2, 0) is 5.41 Å². The van der Waals surface area contributed by atoms with Crippen LogP contribution in [0.5, 0.6) is 0 Å². The molecule has 3 rings (SSSR count). The molecule has 2 saturated carbocycles. The van der Waals surface area contributed by atoms with Crippen LogP contribution < -0.4 is 5.73 Å². The maximum Gasteiger partial charge on any atom is 0.249 e. The molecule has 0 heterocycles. The zero-order chi connectivity index (χ0) is 17.9. The molecule has 1 aromatic rings. The molecule has 0 bridgehead atoms. The second-order valence-electron chi connectivity index (χ2n) is 7.89. The highest BCUT2D eigenvalue weighted by molar-refractivity contribution is 5.94. The molecule has 0 aromatic heterocycles. The minimum atomic E-state index is -1.47. The fourth-order valence-electron chi connectivity index (χ4n) is 5.57. The first kappa shape index (κ1) is 18.4. The van der Waals surface area contributed by atoms with Crippen molar-refractivity contribution in [3.63, 3.8) is 0 Å². The smallest absolute Gasteiger partial charge is 0.249 e. The summed E-state index contributed by atoms with van der Waals surface area (Å²) in [7, 11) is 0. The molecule has 2 fully saturated rings. The monoisotopic (exact) mass is 345 g/mol. The van der Waals surface area contributed by atoms with Gasteiger partial charge in [-0.1, -0.05) is 56.7 Å². The number of nitrogens with two attached hydrogens (primary N) is 1. The van der Waals surface area contributed by atoms with Crippen LogP contribution in [0.25, 0.3) is 0 Å². The van der Waals surface area contributed by atoms with Crippen LogP contribution in [0.2, 0.25) is 0 Å². The van der Waals surface area contributed by atoms with Gasteiger partial charge in [0.2, 0.25) is 5.91 Å². The van der Waals surface area contributed by atoms with Crippen LogP contribution in [0.4, 0.5) is 0 Å². The molecule has 25 heavy (non-hydrogen) atoms. The molecule has 2 aliphatic rings. The van der Waals surface area contributed by atoms with Crippen LogP contribution in [0.3, 0.4) is 0 Å². The lowest BCUT2D eigenvalue weighted by atomic mass is 9.54. The van der Waals surface area contributed by atoms with Gasteiger partial charge >= 0.3 is 0 Å². The maximum absolute atomic E-state index is 12.1. The molecular formula is C21H31NO3. The number of aliphatic hydroxyl groups excluding tert-OH is 1. The molecule has 0 aliphatic heterocycles. The van der Waals surface area contributed by atoms with Crippen LogP contribution in [0.15, 0.2) is 24.3 Å². The molecule has 0 atom stereocenters. The number of carbonyl (C=O) groups is 1. The number of benzene rings is 1. The minimum Gasteiger partial charge on any atom is -0.367 e. The van der Waals surface area contributed by atoms with E-state index < -0.39 is 17.6 Å². The van der Waals surface area contributed by atoms with Gasteiger partial charge in [0.05, 0.1) is 5.41 Å². The molecule has 0 unspecified atom stereocenters. The standard InChI is InChI=1S/C21H31NO3/c22-19(23)17-13-7-8-14-18(17)21(20(24)25,15-9-3-1-4-10-15)16-11-5-2-6-12-16/h7-8,13-16,20,24-25H,1-6,9-12H2,(H2,22,23). The van der Waals surface area contributed by atoms with Crippen molar-refractivity contribution in [3.8, 4) is 0 Å². The van der Waals surface area contributed by atoms with E-state index in [9.17, 15) is 15.0 Å². The van der Waals surface area contributed by atoms with E-state index in [-0.39, 0.29) is 11.8 Å². The zero-order valence-electron chi connectivity index (χ0n) is 15.0. The summed E-state index contributed by atoms with van der Waals surface area (Å²) in [4.78, 5) is 12.1. The quantitative estimate of drug-likeness (QED) is 0.714. The Morgan fingerprint density at radius 1 is 0.920 bits per heavy atom. The lowest BCUT2D eigenvalue weighted by Gasteiger charge is -2.51. The summed E-state index contributed by atoms with van der Waals surface area (Å²) in [6.45, 7) is 0. The lowest BCUT2D eigenvalue weighted by Crippen LogP contribution is -2.53. The van der Waals surface area contributed by atoms with Crippen LogP contribution in [0.1, 0.15) is 80.1 Å². The van der Waals surface area contributed by atoms with Gasteiger partial charge in [-0.2, -0.15) is 0 Å². The Bertz CT molecular complexity index is 569. The van der Waals surface area contributed by atoms with Gasteiger partial charge in [-0.05, 0) is 49.1 Å². The predicted octanol–water partition coefficient (Wildman–Crippen LogP) is 3.49. The van der Waals surface area contributed by atoms with Gasteiger partial charge in [0.1, 0.15) is 0 Å². The summed E-state index contributed by atoms with van der Waals surface area (Å²) in [5, 5.41) is 21.5. The molecule has 0 radical (unpaired) electrons. The summed E-state index contributed by atoms with van der Waals surface area (Å²) in [5.41, 5.74) is 6.09. The van der Waals surface area contributed by atoms with Crippen LogP contribution in [0, 0.1) is 11.8 Å². The van der Waals surface area contributed by atoms with Crippen molar-refractivity contribution in [1.82, 2.24) is 0 Å². The van der Waals surface area contributed by atoms with Crippen molar-refractivity contribution < 1.29 is 15.0 Å². The number of aliphatic hydroxyl groups is 2. The molecular weight excluding hydrogens is 314 g/mol. The van der Waals surface area contributed by atoms with Gasteiger partial charge < -0.3 is 15.9 Å². The number of hydrogen-bond donors (Lipinski definition) is 3. The number of rotatable bonds is 5. The van der Waals surface area contributed by atoms with Gasteiger partial charge in [0, 0.05) is 5.56 Å². The highest BCUT2D eigenvalue weighted by atomic mass is 16.5. The second-order valence-corrected chi connectivity index (χ2v) is 7.89. The third-order valence-electron chi connectivity index (χ3n) is 6.65. The van der Waals surface area contributed by atoms with Crippen LogP contribution in [-0.4, -0.2) is 22.4 Å². The summed E-state index contributed by atoms with van der Waals surface area (Å²) in [5.74, 6) is -0.109. The minimum absolute atomic E-state index is 0.185. The molecule has 4 nitrogen and oxygen atoms in total. The van der Waals surface area contributed by atoms with E-state index in [0.29, 0.717) is 5.56 Å². The Balaban J connectivity index is 2.17. The van der Waals surface area contributed by atoms with Crippen molar-refractivity contribution in [2.45, 2.75) is 75.9 Å². The van der Waals surface area contributed by atoms with Gasteiger partial charge in [-0.3, -0.25) is 4.79 Å². The van der Waals surface area contributed by atoms with E-state index in [1.54, 1.807) is 12.1 Å². The average molecular weight is 345 g/mol. The van der Waals surface area contributed by atoms with E-state index in [2.05, 4.69) is 0 Å². The van der Waals surface area contributed by atoms with E-state index in [0.717, 1.165) is 56.9 Å². The van der Waals surface area contributed by atoms with Crippen molar-refractivity contribution in [2.75, 3.05) is 0 Å². The highest BCUT2D eigenvalue weighted by Gasteiger charge is 2.52. The van der Waals surface area contributed by atoms with Crippen molar-refractivity contribution >= 4 is 5.91 Å². The summed E-state index contributed by atoms with van der Waals surface area (Å²) in [6.07, 6.45) is 9.35. The third kappa shape index (κ3) is 3.34. The number of amides is 1. The van der Waals surface area contributed by atoms with Crippen LogP contribution >= 0.6 is 0 Å². The largest absolute Gasteiger partial charge is 0.367 e. The summed E-state index contributed by atoms with van der Waals surface area (Å²) < 4.78 is 0. The molecule has 1 aromatic carbocycles. The maximum atomic E-state index is 12.1. The third-order valence-corrected chi connectivity index (χ3v) is 6.65. The Kier molecular flexibility index (Phi) is 5.80. The topological polar surface area (TPSA) is 83.6 Å². The summed E-state index contributed by atoms with van der Waals surface area (Å²) in [6, 6.07) is 7.34. The lowest BCUT2D eigenvalue weighted by molar-refractivity contribution is -0.150. The van der Waals surface area contributed by atoms with E-state index in [1.165, 1.54) is 12.8 Å². The second kappa shape index (κ2) is 7.88. The molecule has 0 saturated heterocycles. The molecule has 1 amide bonds. The number of hydrogen-bond acceptors (Lipinski definition) is 3. The summed E-state index contributed by atoms with van der Waals surface area (Å²) >= 11 is 0. The molecule has 2 aliphatic carbocycles. The number of carbonyl (C=O) groups excluding carboxylic acids is 1. The van der Waals surface area contributed by atoms with E-state index >= 15 is 0 Å². The average Bonchev–Trinajstić information content (AvgIpc) is 2.64. The Morgan fingerprint density at radius 2 is 1.40 bits per heavy atom. The first-order valence-electron chi connectivity index (χ1n) is 9.84. The first-order chi connectivity index (χ1) is 12.1. The van der Waals surface area contributed by atoms with Gasteiger partial charge in [-0.15, -0.1) is 0 Å². The molecule has 138 valence electrons. The fraction of sp³-hybridized carbons (Fsp3) is 0.667. The fourth-order valence-corrected chi connectivity index (χ4v) is 5.57. The van der Waals surface area contributed by atoms with E-state index in [1.807, 2.05) is 12.1 Å². The van der Waals surface area contributed by atoms with Gasteiger partial charge in [-0.25, -0.2) is 0 Å². The Morgan fingerprint density at radius 3 is 1.84 bits per heavy atom. The Hall–Kier alpha value is -1.39. The molecule has 0 spiro atoms. The zero-order valence-corrected chi connectivity index (χ0v) is 15.0. The predicted molar refractivity (Wildman–Crippen MR) is 98.0 cm³/mol. The SMILES string of the molecule is NC(=O)c1ccccc1C(C(O)O)(C1CCCCC1)C1CCCCC1. The first-order valence-corrected chi connectivity index (χ1v) is 9.84. The highest BCUT2D eigenvalue weighted by Crippen LogP contribution is 2.53. The van der Waals surface area contributed by atoms with E-state index in [4.69, 9.17) is 5.73 Å². The normalized spacial score (nSPS) is 20.8. The number of primary amides is 1. The van der Waals surface area contributed by atoms with Crippen molar-refractivity contribution in [2.24, 2.45) is 17.6 Å². The Labute approximate surface area is 150 Å². The molecule has 4 N–H and O–H groups in total. The van der Waals surface area contributed by atoms with Crippen molar-refractivity contribution in [1.29, 1.82) is 0 Å².